The number of hydrogen-bond acceptors (Lipinski definition) is 3. The summed E-state index contributed by atoms with van der Waals surface area (Å²) in [5, 5.41) is 0.537. The molecule has 22 heavy (non-hydrogen) atoms. The fraction of sp³-hybridized carbons (Fsp3) is 0.412. The van der Waals surface area contributed by atoms with Crippen molar-refractivity contribution in [3.05, 3.63) is 41.8 Å². The number of likely N-dealkylation sites (tertiary alicyclic amines) is 1. The quantitative estimate of drug-likeness (QED) is 0.873. The number of halogens is 1. The first-order valence-corrected chi connectivity index (χ1v) is 7.55. The first-order chi connectivity index (χ1) is 10.6. The molecule has 1 fully saturated rings. The maximum absolute atomic E-state index is 13.9. The van der Waals surface area contributed by atoms with Crippen molar-refractivity contribution in [2.75, 3.05) is 20.6 Å². The second-order valence-electron chi connectivity index (χ2n) is 5.97. The monoisotopic (exact) mass is 301 g/mol. The number of likely N-dealkylation sites (N-methyl/N-ethyl adjacent to an activating group) is 1. The van der Waals surface area contributed by atoms with E-state index in [9.17, 15) is 9.18 Å². The second-order valence-corrected chi connectivity index (χ2v) is 5.97. The lowest BCUT2D eigenvalue weighted by Gasteiger charge is -2.26. The molecule has 0 aliphatic carbocycles. The number of pyridine rings is 1. The number of rotatable bonds is 3. The third-order valence-corrected chi connectivity index (χ3v) is 4.26. The molecule has 1 saturated heterocycles. The van der Waals surface area contributed by atoms with E-state index in [2.05, 4.69) is 9.88 Å². The van der Waals surface area contributed by atoms with Gasteiger partial charge in [0.15, 0.2) is 0 Å². The van der Waals surface area contributed by atoms with Crippen LogP contribution in [0.1, 0.15) is 18.4 Å². The zero-order valence-electron chi connectivity index (χ0n) is 12.9. The van der Waals surface area contributed by atoms with E-state index in [-0.39, 0.29) is 17.8 Å². The summed E-state index contributed by atoms with van der Waals surface area (Å²) in [5.41, 5.74) is 1.65. The lowest BCUT2D eigenvalue weighted by molar-refractivity contribution is -0.133. The normalized spacial score (nSPS) is 18.8. The predicted molar refractivity (Wildman–Crippen MR) is 83.8 cm³/mol. The molecule has 1 amide bonds. The van der Waals surface area contributed by atoms with Crippen molar-refractivity contribution in [3.63, 3.8) is 0 Å². The Morgan fingerprint density at radius 1 is 1.41 bits per heavy atom. The van der Waals surface area contributed by atoms with Crippen LogP contribution in [0, 0.1) is 5.82 Å². The molecule has 1 aromatic heterocycles. The van der Waals surface area contributed by atoms with E-state index in [0.29, 0.717) is 17.4 Å². The molecule has 5 heteroatoms. The molecule has 1 aliphatic heterocycles. The van der Waals surface area contributed by atoms with Crippen LogP contribution >= 0.6 is 0 Å². The highest BCUT2D eigenvalue weighted by Gasteiger charge is 2.31. The van der Waals surface area contributed by atoms with E-state index in [1.165, 1.54) is 6.07 Å². The number of nitrogens with zero attached hydrogens (tertiary/aromatic N) is 3. The van der Waals surface area contributed by atoms with Gasteiger partial charge in [-0.15, -0.1) is 0 Å². The number of fused-ring (bicyclic) bond motifs is 1. The Bertz CT molecular complexity index is 701. The third-order valence-electron chi connectivity index (χ3n) is 4.26. The summed E-state index contributed by atoms with van der Waals surface area (Å²) in [5.74, 6) is -0.119. The van der Waals surface area contributed by atoms with Gasteiger partial charge in [0.25, 0.3) is 0 Å². The van der Waals surface area contributed by atoms with Crippen molar-refractivity contribution in [1.29, 1.82) is 0 Å². The Balaban J connectivity index is 1.90. The summed E-state index contributed by atoms with van der Waals surface area (Å²) in [6, 6.07) is 6.66. The first kappa shape index (κ1) is 14.9. The highest BCUT2D eigenvalue weighted by molar-refractivity contribution is 5.83. The summed E-state index contributed by atoms with van der Waals surface area (Å²) in [6.07, 6.45) is 3.57. The van der Waals surface area contributed by atoms with Crippen molar-refractivity contribution in [1.82, 2.24) is 14.8 Å². The highest BCUT2D eigenvalue weighted by atomic mass is 19.1. The van der Waals surface area contributed by atoms with Crippen LogP contribution in [-0.2, 0) is 11.3 Å². The van der Waals surface area contributed by atoms with Crippen molar-refractivity contribution in [3.8, 4) is 0 Å². The Morgan fingerprint density at radius 3 is 3.00 bits per heavy atom. The highest BCUT2D eigenvalue weighted by Crippen LogP contribution is 2.25. The van der Waals surface area contributed by atoms with Crippen molar-refractivity contribution in [2.24, 2.45) is 0 Å². The second kappa shape index (κ2) is 6.01. The van der Waals surface area contributed by atoms with Gasteiger partial charge in [-0.2, -0.15) is 0 Å². The van der Waals surface area contributed by atoms with E-state index in [4.69, 9.17) is 0 Å². The van der Waals surface area contributed by atoms with E-state index in [1.807, 2.05) is 0 Å². The Kier molecular flexibility index (Phi) is 4.07. The van der Waals surface area contributed by atoms with E-state index >= 15 is 0 Å². The minimum Gasteiger partial charge on any atom is -0.347 e. The van der Waals surface area contributed by atoms with Gasteiger partial charge in [0.1, 0.15) is 5.82 Å². The van der Waals surface area contributed by atoms with Gasteiger partial charge in [-0.05, 0) is 43.1 Å². The standard InChI is InChI=1S/C17H20FN3O/c1-20(2)17(22)15-6-4-10-21(15)11-12-7-8-14(18)13-5-3-9-19-16(12)13/h3,5,7-9,15H,4,6,10-11H2,1-2H3. The van der Waals surface area contributed by atoms with Crippen LogP contribution in [-0.4, -0.2) is 47.4 Å². The molecule has 0 spiro atoms. The summed E-state index contributed by atoms with van der Waals surface area (Å²) in [4.78, 5) is 20.4. The summed E-state index contributed by atoms with van der Waals surface area (Å²) in [6.45, 7) is 1.51. The number of hydrogen-bond donors (Lipinski definition) is 0. The lowest BCUT2D eigenvalue weighted by atomic mass is 10.1. The van der Waals surface area contributed by atoms with Gasteiger partial charge in [0.2, 0.25) is 5.91 Å². The molecule has 1 aliphatic rings. The molecule has 2 heterocycles. The summed E-state index contributed by atoms with van der Waals surface area (Å²) >= 11 is 0. The zero-order chi connectivity index (χ0) is 15.7. The number of aromatic nitrogens is 1. The van der Waals surface area contributed by atoms with Gasteiger partial charge in [-0.25, -0.2) is 4.39 Å². The third kappa shape index (κ3) is 2.68. The van der Waals surface area contributed by atoms with E-state index < -0.39 is 0 Å². The number of carbonyl (C=O) groups excluding carboxylic acids is 1. The van der Waals surface area contributed by atoms with Crippen LogP contribution in [0.4, 0.5) is 4.39 Å². The Morgan fingerprint density at radius 2 is 2.23 bits per heavy atom. The Hall–Kier alpha value is -2.01. The zero-order valence-corrected chi connectivity index (χ0v) is 12.9. The van der Waals surface area contributed by atoms with Crippen molar-refractivity contribution < 1.29 is 9.18 Å². The van der Waals surface area contributed by atoms with Gasteiger partial charge in [-0.1, -0.05) is 6.07 Å². The maximum Gasteiger partial charge on any atom is 0.239 e. The molecule has 0 saturated carbocycles. The summed E-state index contributed by atoms with van der Waals surface area (Å²) < 4.78 is 13.9. The van der Waals surface area contributed by atoms with Crippen LogP contribution in [0.3, 0.4) is 0 Å². The minimum atomic E-state index is -0.255. The molecule has 1 unspecified atom stereocenters. The molecular formula is C17H20FN3O. The average Bonchev–Trinajstić information content (AvgIpc) is 2.97. The van der Waals surface area contributed by atoms with Gasteiger partial charge < -0.3 is 4.90 Å². The molecule has 2 aromatic rings. The molecular weight excluding hydrogens is 281 g/mol. The Labute approximate surface area is 129 Å². The predicted octanol–water partition coefficient (Wildman–Crippen LogP) is 2.43. The van der Waals surface area contributed by atoms with Gasteiger partial charge in [0, 0.05) is 32.2 Å². The van der Waals surface area contributed by atoms with Gasteiger partial charge >= 0.3 is 0 Å². The molecule has 0 radical (unpaired) electrons. The van der Waals surface area contributed by atoms with Crippen LogP contribution < -0.4 is 0 Å². The minimum absolute atomic E-state index is 0.0844. The molecule has 0 bridgehead atoms. The molecule has 1 aromatic carbocycles. The van der Waals surface area contributed by atoms with Gasteiger partial charge in [-0.3, -0.25) is 14.7 Å². The first-order valence-electron chi connectivity index (χ1n) is 7.55. The average molecular weight is 301 g/mol. The molecule has 0 N–H and O–H groups in total. The topological polar surface area (TPSA) is 36.4 Å². The largest absolute Gasteiger partial charge is 0.347 e. The number of benzene rings is 1. The molecule has 3 rings (SSSR count). The fourth-order valence-electron chi connectivity index (χ4n) is 3.14. The van der Waals surface area contributed by atoms with Crippen molar-refractivity contribution in [2.45, 2.75) is 25.4 Å². The van der Waals surface area contributed by atoms with Crippen LogP contribution in [0.2, 0.25) is 0 Å². The lowest BCUT2D eigenvalue weighted by Crippen LogP contribution is -2.42. The van der Waals surface area contributed by atoms with Crippen molar-refractivity contribution >= 4 is 16.8 Å². The number of amides is 1. The summed E-state index contributed by atoms with van der Waals surface area (Å²) in [7, 11) is 3.57. The maximum atomic E-state index is 13.9. The molecule has 116 valence electrons. The van der Waals surface area contributed by atoms with Crippen LogP contribution in [0.25, 0.3) is 10.9 Å². The van der Waals surface area contributed by atoms with Crippen LogP contribution in [0.5, 0.6) is 0 Å². The van der Waals surface area contributed by atoms with Gasteiger partial charge in [0.05, 0.1) is 11.6 Å². The molecule has 4 nitrogen and oxygen atoms in total. The molecule has 1 atom stereocenters. The smallest absolute Gasteiger partial charge is 0.239 e. The van der Waals surface area contributed by atoms with E-state index in [1.54, 1.807) is 43.4 Å². The van der Waals surface area contributed by atoms with E-state index in [0.717, 1.165) is 24.9 Å². The number of carbonyl (C=O) groups is 1. The fourth-order valence-corrected chi connectivity index (χ4v) is 3.14. The van der Waals surface area contributed by atoms with Crippen LogP contribution in [0.15, 0.2) is 30.5 Å². The SMILES string of the molecule is CN(C)C(=O)C1CCCN1Cc1ccc(F)c2cccnc12.